The van der Waals surface area contributed by atoms with Gasteiger partial charge in [0, 0.05) is 25.7 Å². The van der Waals surface area contributed by atoms with E-state index in [1.807, 2.05) is 18.2 Å². The molecule has 0 saturated carbocycles. The molecule has 1 aliphatic rings. The van der Waals surface area contributed by atoms with Crippen molar-refractivity contribution in [3.63, 3.8) is 0 Å². The van der Waals surface area contributed by atoms with Crippen molar-refractivity contribution in [2.24, 2.45) is 10.7 Å². The standard InChI is InChI=1S/C16H24N4O/c1-18-15(21)14-8-6-7-13(11-14)12-19-16(17)20-9-4-2-3-5-10-20/h6-8,11H,2-5,9-10,12H2,1H3,(H2,17,19)(H,18,21). The van der Waals surface area contributed by atoms with Crippen LogP contribution in [-0.2, 0) is 6.54 Å². The van der Waals surface area contributed by atoms with Gasteiger partial charge in [-0.2, -0.15) is 0 Å². The minimum atomic E-state index is -0.0821. The number of benzene rings is 1. The molecule has 0 spiro atoms. The minimum Gasteiger partial charge on any atom is -0.370 e. The van der Waals surface area contributed by atoms with E-state index >= 15 is 0 Å². The SMILES string of the molecule is CNC(=O)c1cccc(CN=C(N)N2CCCCCC2)c1. The Hall–Kier alpha value is -2.04. The Bertz CT molecular complexity index is 505. The second-order valence-electron chi connectivity index (χ2n) is 5.36. The van der Waals surface area contributed by atoms with Crippen LogP contribution in [0.1, 0.15) is 41.6 Å². The molecular formula is C16H24N4O. The van der Waals surface area contributed by atoms with E-state index in [0.29, 0.717) is 18.1 Å². The number of hydrogen-bond acceptors (Lipinski definition) is 2. The lowest BCUT2D eigenvalue weighted by molar-refractivity contribution is 0.0963. The van der Waals surface area contributed by atoms with Crippen LogP contribution in [0.5, 0.6) is 0 Å². The van der Waals surface area contributed by atoms with E-state index in [9.17, 15) is 4.79 Å². The third kappa shape index (κ3) is 4.48. The molecular weight excluding hydrogens is 264 g/mol. The molecule has 5 nitrogen and oxygen atoms in total. The summed E-state index contributed by atoms with van der Waals surface area (Å²) < 4.78 is 0. The molecule has 5 heteroatoms. The monoisotopic (exact) mass is 288 g/mol. The molecule has 1 saturated heterocycles. The maximum atomic E-state index is 11.6. The number of carbonyl (C=O) groups is 1. The first-order valence-corrected chi connectivity index (χ1v) is 7.56. The Kier molecular flexibility index (Phi) is 5.60. The average molecular weight is 288 g/mol. The number of rotatable bonds is 3. The first kappa shape index (κ1) is 15.4. The molecule has 114 valence electrons. The lowest BCUT2D eigenvalue weighted by Crippen LogP contribution is -2.38. The summed E-state index contributed by atoms with van der Waals surface area (Å²) >= 11 is 0. The molecule has 0 aliphatic carbocycles. The fourth-order valence-corrected chi connectivity index (χ4v) is 2.53. The van der Waals surface area contributed by atoms with Crippen LogP contribution in [-0.4, -0.2) is 36.9 Å². The van der Waals surface area contributed by atoms with Crippen molar-refractivity contribution in [2.75, 3.05) is 20.1 Å². The molecule has 0 radical (unpaired) electrons. The van der Waals surface area contributed by atoms with Gasteiger partial charge in [0.05, 0.1) is 6.54 Å². The van der Waals surface area contributed by atoms with Gasteiger partial charge in [0.15, 0.2) is 5.96 Å². The summed E-state index contributed by atoms with van der Waals surface area (Å²) in [4.78, 5) is 18.2. The highest BCUT2D eigenvalue weighted by atomic mass is 16.1. The predicted octanol–water partition coefficient (Wildman–Crippen LogP) is 1.74. The van der Waals surface area contributed by atoms with Crippen molar-refractivity contribution in [1.82, 2.24) is 10.2 Å². The van der Waals surface area contributed by atoms with E-state index in [1.54, 1.807) is 13.1 Å². The zero-order valence-electron chi connectivity index (χ0n) is 12.6. The number of nitrogens with zero attached hydrogens (tertiary/aromatic N) is 2. The molecule has 0 bridgehead atoms. The molecule has 1 aromatic carbocycles. The van der Waals surface area contributed by atoms with Gasteiger partial charge in [0.2, 0.25) is 0 Å². The summed E-state index contributed by atoms with van der Waals surface area (Å²) in [7, 11) is 1.63. The van der Waals surface area contributed by atoms with E-state index < -0.39 is 0 Å². The number of aliphatic imine (C=N–C) groups is 1. The zero-order chi connectivity index (χ0) is 15.1. The second-order valence-corrected chi connectivity index (χ2v) is 5.36. The zero-order valence-corrected chi connectivity index (χ0v) is 12.6. The Balaban J connectivity index is 2.00. The molecule has 2 rings (SSSR count). The molecule has 0 unspecified atom stereocenters. The lowest BCUT2D eigenvalue weighted by atomic mass is 10.1. The topological polar surface area (TPSA) is 70.7 Å². The third-order valence-electron chi connectivity index (χ3n) is 3.77. The van der Waals surface area contributed by atoms with Gasteiger partial charge < -0.3 is 16.0 Å². The van der Waals surface area contributed by atoms with Crippen molar-refractivity contribution >= 4 is 11.9 Å². The molecule has 0 atom stereocenters. The molecule has 1 amide bonds. The summed E-state index contributed by atoms with van der Waals surface area (Å²) in [5, 5.41) is 2.62. The van der Waals surface area contributed by atoms with E-state index in [-0.39, 0.29) is 5.91 Å². The smallest absolute Gasteiger partial charge is 0.251 e. The molecule has 21 heavy (non-hydrogen) atoms. The summed E-state index contributed by atoms with van der Waals surface area (Å²) in [5.74, 6) is 0.531. The number of nitrogens with one attached hydrogen (secondary N) is 1. The van der Waals surface area contributed by atoms with E-state index in [2.05, 4.69) is 15.2 Å². The van der Waals surface area contributed by atoms with Crippen LogP contribution >= 0.6 is 0 Å². The second kappa shape index (κ2) is 7.67. The van der Waals surface area contributed by atoms with Crippen LogP contribution in [0, 0.1) is 0 Å². The van der Waals surface area contributed by atoms with Crippen molar-refractivity contribution in [3.05, 3.63) is 35.4 Å². The predicted molar refractivity (Wildman–Crippen MR) is 85.2 cm³/mol. The Morgan fingerprint density at radius 2 is 2.00 bits per heavy atom. The number of guanidine groups is 1. The number of likely N-dealkylation sites (tertiary alicyclic amines) is 1. The number of amides is 1. The normalized spacial score (nSPS) is 16.4. The number of hydrogen-bond donors (Lipinski definition) is 2. The van der Waals surface area contributed by atoms with Gasteiger partial charge in [-0.1, -0.05) is 25.0 Å². The van der Waals surface area contributed by atoms with Crippen molar-refractivity contribution in [1.29, 1.82) is 0 Å². The van der Waals surface area contributed by atoms with Crippen LogP contribution in [0.2, 0.25) is 0 Å². The van der Waals surface area contributed by atoms with Crippen molar-refractivity contribution in [2.45, 2.75) is 32.2 Å². The first-order valence-electron chi connectivity index (χ1n) is 7.56. The molecule has 1 aliphatic heterocycles. The summed E-state index contributed by atoms with van der Waals surface area (Å²) in [6.45, 7) is 2.49. The van der Waals surface area contributed by atoms with E-state index in [4.69, 9.17) is 5.73 Å². The Labute approximate surface area is 126 Å². The quantitative estimate of drug-likeness (QED) is 0.657. The van der Waals surface area contributed by atoms with E-state index in [1.165, 1.54) is 25.7 Å². The number of nitrogens with two attached hydrogens (primary N) is 1. The van der Waals surface area contributed by atoms with Crippen LogP contribution in [0.3, 0.4) is 0 Å². The fourth-order valence-electron chi connectivity index (χ4n) is 2.53. The first-order chi connectivity index (χ1) is 10.2. The number of carbonyl (C=O) groups excluding carboxylic acids is 1. The van der Waals surface area contributed by atoms with E-state index in [0.717, 1.165) is 18.7 Å². The molecule has 1 fully saturated rings. The highest BCUT2D eigenvalue weighted by molar-refractivity contribution is 5.94. The van der Waals surface area contributed by atoms with Gasteiger partial charge in [0.25, 0.3) is 5.91 Å². The maximum absolute atomic E-state index is 11.6. The molecule has 3 N–H and O–H groups in total. The largest absolute Gasteiger partial charge is 0.370 e. The van der Waals surface area contributed by atoms with Crippen LogP contribution < -0.4 is 11.1 Å². The molecule has 1 aromatic rings. The Morgan fingerprint density at radius 1 is 1.29 bits per heavy atom. The van der Waals surface area contributed by atoms with Gasteiger partial charge in [-0.3, -0.25) is 4.79 Å². The Morgan fingerprint density at radius 3 is 2.67 bits per heavy atom. The van der Waals surface area contributed by atoms with Gasteiger partial charge in [-0.15, -0.1) is 0 Å². The van der Waals surface area contributed by atoms with Crippen molar-refractivity contribution in [3.8, 4) is 0 Å². The van der Waals surface area contributed by atoms with Gasteiger partial charge in [0.1, 0.15) is 0 Å². The van der Waals surface area contributed by atoms with Gasteiger partial charge >= 0.3 is 0 Å². The van der Waals surface area contributed by atoms with Crippen LogP contribution in [0.15, 0.2) is 29.3 Å². The van der Waals surface area contributed by atoms with Crippen LogP contribution in [0.4, 0.5) is 0 Å². The minimum absolute atomic E-state index is 0.0821. The maximum Gasteiger partial charge on any atom is 0.251 e. The lowest BCUT2D eigenvalue weighted by Gasteiger charge is -2.21. The van der Waals surface area contributed by atoms with Gasteiger partial charge in [-0.25, -0.2) is 4.99 Å². The van der Waals surface area contributed by atoms with Gasteiger partial charge in [-0.05, 0) is 30.5 Å². The van der Waals surface area contributed by atoms with Crippen molar-refractivity contribution < 1.29 is 4.79 Å². The third-order valence-corrected chi connectivity index (χ3v) is 3.77. The highest BCUT2D eigenvalue weighted by Gasteiger charge is 2.10. The summed E-state index contributed by atoms with van der Waals surface area (Å²) in [5.41, 5.74) is 7.73. The summed E-state index contributed by atoms with van der Waals surface area (Å²) in [6, 6.07) is 7.49. The highest BCUT2D eigenvalue weighted by Crippen LogP contribution is 2.10. The molecule has 0 aromatic heterocycles. The summed E-state index contributed by atoms with van der Waals surface area (Å²) in [6.07, 6.45) is 4.92. The fraction of sp³-hybridized carbons (Fsp3) is 0.500. The molecule has 1 heterocycles. The average Bonchev–Trinajstić information content (AvgIpc) is 2.81. The van der Waals surface area contributed by atoms with Crippen LogP contribution in [0.25, 0.3) is 0 Å².